The Morgan fingerprint density at radius 3 is 2.77 bits per heavy atom. The van der Waals surface area contributed by atoms with Crippen molar-refractivity contribution in [2.45, 2.75) is 13.5 Å². The van der Waals surface area contributed by atoms with Crippen LogP contribution in [0.25, 0.3) is 10.9 Å². The molecule has 26 heavy (non-hydrogen) atoms. The van der Waals surface area contributed by atoms with Gasteiger partial charge in [-0.25, -0.2) is 9.97 Å². The van der Waals surface area contributed by atoms with Crippen molar-refractivity contribution in [1.82, 2.24) is 20.2 Å². The van der Waals surface area contributed by atoms with Gasteiger partial charge in [-0.2, -0.15) is 0 Å². The highest BCUT2D eigenvalue weighted by molar-refractivity contribution is 7.09. The highest BCUT2D eigenvalue weighted by Crippen LogP contribution is 2.14. The fraction of sp³-hybridized carbons (Fsp3) is 0.316. The van der Waals surface area contributed by atoms with Crippen LogP contribution in [0.15, 0.2) is 46.8 Å². The molecule has 0 aliphatic heterocycles. The molecule has 7 heteroatoms. The van der Waals surface area contributed by atoms with Crippen molar-refractivity contribution in [2.75, 3.05) is 32.5 Å². The summed E-state index contributed by atoms with van der Waals surface area (Å²) in [7, 11) is 3.81. The smallest absolute Gasteiger partial charge is 0.193 e. The molecule has 0 aliphatic carbocycles. The van der Waals surface area contributed by atoms with Crippen molar-refractivity contribution >= 4 is 34.0 Å². The fourth-order valence-corrected chi connectivity index (χ4v) is 3.32. The topological polar surface area (TPSA) is 65.4 Å². The predicted molar refractivity (Wildman–Crippen MR) is 110 cm³/mol. The highest BCUT2D eigenvalue weighted by Gasteiger charge is 2.08. The second-order valence-corrected chi connectivity index (χ2v) is 7.07. The van der Waals surface area contributed by atoms with E-state index in [9.17, 15) is 0 Å². The minimum atomic E-state index is 0.740. The number of nitrogens with one attached hydrogen (secondary N) is 2. The number of aryl methyl sites for hydroxylation is 1. The lowest BCUT2D eigenvalue weighted by atomic mass is 10.2. The molecule has 0 atom stereocenters. The number of rotatable bonds is 6. The molecule has 3 aromatic rings. The number of thiazole rings is 1. The van der Waals surface area contributed by atoms with Crippen LogP contribution in [-0.4, -0.2) is 48.0 Å². The van der Waals surface area contributed by atoms with E-state index < -0.39 is 0 Å². The first kappa shape index (κ1) is 18.1. The third-order valence-corrected chi connectivity index (χ3v) is 4.77. The summed E-state index contributed by atoms with van der Waals surface area (Å²) in [6.45, 7) is 4.27. The number of hydrogen-bond acceptors (Lipinski definition) is 5. The molecule has 2 N–H and O–H groups in total. The molecule has 0 aliphatic rings. The molecule has 6 nitrogen and oxygen atoms in total. The number of hydrogen-bond donors (Lipinski definition) is 2. The average molecular weight is 369 g/mol. The molecule has 2 aromatic heterocycles. The number of pyridine rings is 1. The second-order valence-electron chi connectivity index (χ2n) is 6.00. The molecule has 0 unspecified atom stereocenters. The number of guanidine groups is 1. The van der Waals surface area contributed by atoms with E-state index in [1.807, 2.05) is 38.2 Å². The Morgan fingerprint density at radius 2 is 2.00 bits per heavy atom. The lowest BCUT2D eigenvalue weighted by molar-refractivity contribution is 0.472. The maximum absolute atomic E-state index is 4.62. The van der Waals surface area contributed by atoms with Gasteiger partial charge in [-0.1, -0.05) is 18.2 Å². The van der Waals surface area contributed by atoms with Gasteiger partial charge >= 0.3 is 0 Å². The van der Waals surface area contributed by atoms with Crippen LogP contribution in [0.4, 0.5) is 5.82 Å². The summed E-state index contributed by atoms with van der Waals surface area (Å²) in [5.41, 5.74) is 2.07. The van der Waals surface area contributed by atoms with Crippen LogP contribution in [0.3, 0.4) is 0 Å². The molecule has 0 bridgehead atoms. The zero-order valence-electron chi connectivity index (χ0n) is 15.4. The van der Waals surface area contributed by atoms with Crippen LogP contribution in [0, 0.1) is 6.92 Å². The lowest BCUT2D eigenvalue weighted by Gasteiger charge is -2.21. The summed E-state index contributed by atoms with van der Waals surface area (Å²) in [5.74, 6) is 1.73. The van der Waals surface area contributed by atoms with Gasteiger partial charge in [0.15, 0.2) is 5.96 Å². The molecule has 2 heterocycles. The molecule has 0 radical (unpaired) electrons. The number of para-hydroxylation sites is 1. The van der Waals surface area contributed by atoms with Gasteiger partial charge in [0.1, 0.15) is 5.82 Å². The van der Waals surface area contributed by atoms with Gasteiger partial charge in [-0.05, 0) is 25.1 Å². The van der Waals surface area contributed by atoms with Gasteiger partial charge in [0, 0.05) is 38.0 Å². The number of anilines is 1. The van der Waals surface area contributed by atoms with Crippen molar-refractivity contribution in [3.05, 3.63) is 52.5 Å². The maximum Gasteiger partial charge on any atom is 0.193 e. The Balaban J connectivity index is 1.47. The van der Waals surface area contributed by atoms with Gasteiger partial charge in [0.05, 0.1) is 22.8 Å². The predicted octanol–water partition coefficient (Wildman–Crippen LogP) is 3.12. The molecule has 0 fully saturated rings. The summed E-state index contributed by atoms with van der Waals surface area (Å²) < 4.78 is 0. The normalized spacial score (nSPS) is 11.6. The first-order chi connectivity index (χ1) is 12.7. The van der Waals surface area contributed by atoms with Gasteiger partial charge in [0.25, 0.3) is 0 Å². The third-order valence-electron chi connectivity index (χ3n) is 3.95. The van der Waals surface area contributed by atoms with E-state index in [0.717, 1.165) is 53.0 Å². The summed E-state index contributed by atoms with van der Waals surface area (Å²) in [6, 6.07) is 12.2. The molecule has 136 valence electrons. The lowest BCUT2D eigenvalue weighted by Crippen LogP contribution is -2.40. The standard InChI is InChI=1S/C19H24N6S/c1-14-23-16(13-26-14)12-25(3)19(20-2)22-11-10-21-18-9-8-15-6-4-5-7-17(15)24-18/h4-9,13H,10-12H2,1-3H3,(H,20,22)(H,21,24). The number of fused-ring (bicyclic) bond motifs is 1. The molecule has 1 aromatic carbocycles. The van der Waals surface area contributed by atoms with Crippen LogP contribution in [0.5, 0.6) is 0 Å². The fourth-order valence-electron chi connectivity index (χ4n) is 2.71. The Hall–Kier alpha value is -2.67. The Kier molecular flexibility index (Phi) is 6.01. The van der Waals surface area contributed by atoms with Gasteiger partial charge < -0.3 is 15.5 Å². The number of aromatic nitrogens is 2. The van der Waals surface area contributed by atoms with E-state index >= 15 is 0 Å². The van der Waals surface area contributed by atoms with Gasteiger partial charge in [-0.3, -0.25) is 4.99 Å². The van der Waals surface area contributed by atoms with Crippen LogP contribution in [0.1, 0.15) is 10.7 Å². The van der Waals surface area contributed by atoms with Gasteiger partial charge in [-0.15, -0.1) is 11.3 Å². The summed E-state index contributed by atoms with van der Waals surface area (Å²) in [5, 5.41) is 11.0. The van der Waals surface area contributed by atoms with Crippen molar-refractivity contribution in [2.24, 2.45) is 4.99 Å². The monoisotopic (exact) mass is 368 g/mol. The van der Waals surface area contributed by atoms with E-state index in [1.165, 1.54) is 0 Å². The minimum absolute atomic E-state index is 0.740. The Morgan fingerprint density at radius 1 is 1.15 bits per heavy atom. The van der Waals surface area contributed by atoms with E-state index in [0.29, 0.717) is 0 Å². The molecule has 0 amide bonds. The molecule has 3 rings (SSSR count). The zero-order chi connectivity index (χ0) is 18.4. The van der Waals surface area contributed by atoms with Crippen molar-refractivity contribution in [1.29, 1.82) is 0 Å². The van der Waals surface area contributed by atoms with Crippen LogP contribution in [0.2, 0.25) is 0 Å². The quantitative estimate of drug-likeness (QED) is 0.398. The number of benzene rings is 1. The second kappa shape index (κ2) is 8.62. The largest absolute Gasteiger partial charge is 0.368 e. The van der Waals surface area contributed by atoms with Gasteiger partial charge in [0.2, 0.25) is 0 Å². The van der Waals surface area contributed by atoms with Crippen LogP contribution in [-0.2, 0) is 6.54 Å². The average Bonchev–Trinajstić information content (AvgIpc) is 3.06. The SMILES string of the molecule is CN=C(NCCNc1ccc2ccccc2n1)N(C)Cc1csc(C)n1. The minimum Gasteiger partial charge on any atom is -0.368 e. The third kappa shape index (κ3) is 4.70. The Bertz CT molecular complexity index is 888. The molecular formula is C19H24N6S. The zero-order valence-corrected chi connectivity index (χ0v) is 16.2. The molecule has 0 saturated carbocycles. The summed E-state index contributed by atoms with van der Waals surface area (Å²) >= 11 is 1.67. The summed E-state index contributed by atoms with van der Waals surface area (Å²) in [4.78, 5) is 15.5. The number of nitrogens with zero attached hydrogens (tertiary/aromatic N) is 4. The van der Waals surface area contributed by atoms with E-state index in [4.69, 9.17) is 0 Å². The van der Waals surface area contributed by atoms with Crippen LogP contribution >= 0.6 is 11.3 Å². The van der Waals surface area contributed by atoms with E-state index in [-0.39, 0.29) is 0 Å². The van der Waals surface area contributed by atoms with E-state index in [1.54, 1.807) is 18.4 Å². The maximum atomic E-state index is 4.62. The van der Waals surface area contributed by atoms with E-state index in [2.05, 4.69) is 48.0 Å². The van der Waals surface area contributed by atoms with Crippen molar-refractivity contribution < 1.29 is 0 Å². The number of aliphatic imine (C=N–C) groups is 1. The molecule has 0 saturated heterocycles. The Labute approximate surface area is 158 Å². The molecule has 0 spiro atoms. The molecular weight excluding hydrogens is 344 g/mol. The first-order valence-corrected chi connectivity index (χ1v) is 9.46. The van der Waals surface area contributed by atoms with Crippen molar-refractivity contribution in [3.63, 3.8) is 0 Å². The first-order valence-electron chi connectivity index (χ1n) is 8.58. The van der Waals surface area contributed by atoms with Crippen LogP contribution < -0.4 is 10.6 Å². The highest BCUT2D eigenvalue weighted by atomic mass is 32.1. The summed E-state index contributed by atoms with van der Waals surface area (Å²) in [6.07, 6.45) is 0. The van der Waals surface area contributed by atoms with Crippen molar-refractivity contribution in [3.8, 4) is 0 Å².